The van der Waals surface area contributed by atoms with Gasteiger partial charge < -0.3 is 10.2 Å². The second-order valence-electron chi connectivity index (χ2n) is 4.93. The van der Waals surface area contributed by atoms with E-state index in [9.17, 15) is 4.79 Å². The quantitative estimate of drug-likeness (QED) is 0.885. The Bertz CT molecular complexity index is 659. The van der Waals surface area contributed by atoms with E-state index in [0.717, 1.165) is 11.1 Å². The predicted octanol–water partition coefficient (Wildman–Crippen LogP) is 1.47. The van der Waals surface area contributed by atoms with E-state index in [1.807, 2.05) is 37.3 Å². The summed E-state index contributed by atoms with van der Waals surface area (Å²) in [7, 11) is 0. The maximum atomic E-state index is 12.4. The molecule has 1 aliphatic rings. The summed E-state index contributed by atoms with van der Waals surface area (Å²) < 4.78 is 5.36. The molecule has 0 spiro atoms. The number of aryl methyl sites for hydroxylation is 1. The molecule has 3 rings (SSSR count). The van der Waals surface area contributed by atoms with Crippen molar-refractivity contribution in [3.05, 3.63) is 59.5 Å². The van der Waals surface area contributed by atoms with Crippen molar-refractivity contribution in [1.29, 1.82) is 0 Å². The van der Waals surface area contributed by atoms with E-state index < -0.39 is 5.54 Å². The average molecular weight is 269 g/mol. The number of benzene rings is 1. The zero-order chi connectivity index (χ0) is 14.2. The molecule has 0 aliphatic carbocycles. The maximum Gasteiger partial charge on any atom is 0.259 e. The highest BCUT2D eigenvalue weighted by Gasteiger charge is 2.45. The van der Waals surface area contributed by atoms with Gasteiger partial charge in [-0.2, -0.15) is 0 Å². The second kappa shape index (κ2) is 4.52. The molecule has 0 fully saturated rings. The number of aliphatic imine (C=N–C) groups is 1. The van der Waals surface area contributed by atoms with Crippen molar-refractivity contribution >= 4 is 11.9 Å². The molecule has 0 saturated heterocycles. The van der Waals surface area contributed by atoms with Crippen LogP contribution in [0.1, 0.15) is 16.9 Å². The van der Waals surface area contributed by atoms with Crippen molar-refractivity contribution < 1.29 is 9.21 Å². The van der Waals surface area contributed by atoms with Crippen molar-refractivity contribution in [3.63, 3.8) is 0 Å². The van der Waals surface area contributed by atoms with E-state index >= 15 is 0 Å². The van der Waals surface area contributed by atoms with E-state index in [-0.39, 0.29) is 11.9 Å². The van der Waals surface area contributed by atoms with Crippen LogP contribution in [-0.2, 0) is 16.8 Å². The number of hydrogen-bond donors (Lipinski definition) is 2. The highest BCUT2D eigenvalue weighted by molar-refractivity contribution is 6.07. The number of rotatable bonds is 3. The zero-order valence-electron chi connectivity index (χ0n) is 11.1. The van der Waals surface area contributed by atoms with Crippen LogP contribution in [-0.4, -0.2) is 11.9 Å². The van der Waals surface area contributed by atoms with Crippen molar-refractivity contribution in [2.45, 2.75) is 18.9 Å². The number of amides is 1. The summed E-state index contributed by atoms with van der Waals surface area (Å²) in [5.74, 6) is 0.608. The number of carbonyl (C=O) groups is 1. The Morgan fingerprint density at radius 1 is 1.30 bits per heavy atom. The number of nitrogens with two attached hydrogens (primary N) is 1. The van der Waals surface area contributed by atoms with Crippen LogP contribution in [0.3, 0.4) is 0 Å². The molecule has 1 aromatic heterocycles. The molecule has 102 valence electrons. The summed E-state index contributed by atoms with van der Waals surface area (Å²) in [6, 6.07) is 11.3. The first kappa shape index (κ1) is 12.5. The van der Waals surface area contributed by atoms with Crippen LogP contribution in [0.4, 0.5) is 0 Å². The first-order valence-electron chi connectivity index (χ1n) is 6.36. The average Bonchev–Trinajstić information content (AvgIpc) is 3.00. The van der Waals surface area contributed by atoms with E-state index in [2.05, 4.69) is 10.3 Å². The summed E-state index contributed by atoms with van der Waals surface area (Å²) >= 11 is 0. The Morgan fingerprint density at radius 3 is 2.60 bits per heavy atom. The van der Waals surface area contributed by atoms with E-state index in [1.165, 1.54) is 0 Å². The lowest BCUT2D eigenvalue weighted by Gasteiger charge is -2.22. The van der Waals surface area contributed by atoms with Crippen LogP contribution in [0.15, 0.2) is 52.1 Å². The van der Waals surface area contributed by atoms with Crippen LogP contribution in [0.5, 0.6) is 0 Å². The van der Waals surface area contributed by atoms with Gasteiger partial charge in [-0.3, -0.25) is 10.1 Å². The van der Waals surface area contributed by atoms with Crippen LogP contribution in [0.2, 0.25) is 0 Å². The molecule has 1 atom stereocenters. The van der Waals surface area contributed by atoms with Gasteiger partial charge in [0.2, 0.25) is 0 Å². The SMILES string of the molecule is Cc1ccc([C@@]2(Cc3ccco3)N=C(N)NC2=O)cc1. The summed E-state index contributed by atoms with van der Waals surface area (Å²) in [5.41, 5.74) is 6.56. The lowest BCUT2D eigenvalue weighted by Crippen LogP contribution is -2.40. The predicted molar refractivity (Wildman–Crippen MR) is 75.0 cm³/mol. The minimum Gasteiger partial charge on any atom is -0.469 e. The smallest absolute Gasteiger partial charge is 0.259 e. The zero-order valence-corrected chi connectivity index (χ0v) is 11.1. The fraction of sp³-hybridized carbons (Fsp3) is 0.200. The summed E-state index contributed by atoms with van der Waals surface area (Å²) in [6.45, 7) is 2.00. The Morgan fingerprint density at radius 2 is 2.05 bits per heavy atom. The third-order valence-corrected chi connectivity index (χ3v) is 3.47. The number of carbonyl (C=O) groups excluding carboxylic acids is 1. The molecular weight excluding hydrogens is 254 g/mol. The molecule has 0 unspecified atom stereocenters. The normalized spacial score (nSPS) is 21.6. The summed E-state index contributed by atoms with van der Waals surface area (Å²) in [5, 5.41) is 2.58. The third-order valence-electron chi connectivity index (χ3n) is 3.47. The first-order valence-corrected chi connectivity index (χ1v) is 6.36. The van der Waals surface area contributed by atoms with Gasteiger partial charge in [0.05, 0.1) is 6.26 Å². The third kappa shape index (κ3) is 1.97. The van der Waals surface area contributed by atoms with Crippen molar-refractivity contribution in [3.8, 4) is 0 Å². The number of nitrogens with one attached hydrogen (secondary N) is 1. The highest BCUT2D eigenvalue weighted by atomic mass is 16.3. The van der Waals surface area contributed by atoms with Gasteiger partial charge in [-0.05, 0) is 24.6 Å². The molecule has 0 radical (unpaired) electrons. The van der Waals surface area contributed by atoms with Gasteiger partial charge in [0, 0.05) is 6.42 Å². The van der Waals surface area contributed by atoms with Crippen molar-refractivity contribution in [2.24, 2.45) is 10.7 Å². The molecule has 3 N–H and O–H groups in total. The Kier molecular flexibility index (Phi) is 2.82. The number of furan rings is 1. The minimum absolute atomic E-state index is 0.141. The van der Waals surface area contributed by atoms with Crippen LogP contribution < -0.4 is 11.1 Å². The fourth-order valence-electron chi connectivity index (χ4n) is 2.42. The van der Waals surface area contributed by atoms with Gasteiger partial charge in [-0.15, -0.1) is 0 Å². The van der Waals surface area contributed by atoms with E-state index in [0.29, 0.717) is 12.2 Å². The number of nitrogens with zero attached hydrogens (tertiary/aromatic N) is 1. The molecule has 0 saturated carbocycles. The van der Waals surface area contributed by atoms with E-state index in [1.54, 1.807) is 12.3 Å². The number of hydrogen-bond acceptors (Lipinski definition) is 4. The van der Waals surface area contributed by atoms with Gasteiger partial charge in [-0.1, -0.05) is 29.8 Å². The topological polar surface area (TPSA) is 80.6 Å². The first-order chi connectivity index (χ1) is 9.60. The summed E-state index contributed by atoms with van der Waals surface area (Å²) in [4.78, 5) is 16.7. The molecule has 1 aliphatic heterocycles. The standard InChI is InChI=1S/C15H15N3O2/c1-10-4-6-11(7-5-10)15(9-12-3-2-8-20-12)13(19)17-14(16)18-15/h2-8H,9H2,1H3,(H3,16,17,18,19)/t15-/m1/s1. The monoisotopic (exact) mass is 269 g/mol. The minimum atomic E-state index is -1.05. The molecular formula is C15H15N3O2. The largest absolute Gasteiger partial charge is 0.469 e. The Balaban J connectivity index is 2.08. The van der Waals surface area contributed by atoms with Gasteiger partial charge in [0.25, 0.3) is 5.91 Å². The summed E-state index contributed by atoms with van der Waals surface area (Å²) in [6.07, 6.45) is 1.92. The van der Waals surface area contributed by atoms with Crippen molar-refractivity contribution in [1.82, 2.24) is 5.32 Å². The van der Waals surface area contributed by atoms with Crippen LogP contribution in [0, 0.1) is 6.92 Å². The van der Waals surface area contributed by atoms with Gasteiger partial charge in [0.15, 0.2) is 11.5 Å². The molecule has 2 heterocycles. The van der Waals surface area contributed by atoms with Crippen LogP contribution in [0.25, 0.3) is 0 Å². The lowest BCUT2D eigenvalue weighted by molar-refractivity contribution is -0.124. The van der Waals surface area contributed by atoms with Crippen molar-refractivity contribution in [2.75, 3.05) is 0 Å². The molecule has 20 heavy (non-hydrogen) atoms. The van der Waals surface area contributed by atoms with Gasteiger partial charge >= 0.3 is 0 Å². The fourth-order valence-corrected chi connectivity index (χ4v) is 2.42. The molecule has 0 bridgehead atoms. The Hall–Kier alpha value is -2.56. The van der Waals surface area contributed by atoms with Crippen LogP contribution >= 0.6 is 0 Å². The van der Waals surface area contributed by atoms with Gasteiger partial charge in [0.1, 0.15) is 5.76 Å². The van der Waals surface area contributed by atoms with Gasteiger partial charge in [-0.25, -0.2) is 4.99 Å². The Labute approximate surface area is 116 Å². The molecule has 1 aromatic carbocycles. The lowest BCUT2D eigenvalue weighted by atomic mass is 9.85. The molecule has 2 aromatic rings. The molecule has 5 nitrogen and oxygen atoms in total. The van der Waals surface area contributed by atoms with E-state index in [4.69, 9.17) is 10.2 Å². The number of guanidine groups is 1. The second-order valence-corrected chi connectivity index (χ2v) is 4.93. The molecule has 5 heteroatoms. The maximum absolute atomic E-state index is 12.4. The molecule has 1 amide bonds. The highest BCUT2D eigenvalue weighted by Crippen LogP contribution is 2.33.